The highest BCUT2D eigenvalue weighted by Gasteiger charge is 2.12. The summed E-state index contributed by atoms with van der Waals surface area (Å²) in [4.78, 5) is 11.9. The monoisotopic (exact) mass is 308 g/mol. The van der Waals surface area contributed by atoms with Crippen LogP contribution in [0.4, 0.5) is 4.39 Å². The molecule has 5 nitrogen and oxygen atoms in total. The van der Waals surface area contributed by atoms with Gasteiger partial charge in [-0.25, -0.2) is 4.39 Å². The number of rotatable bonds is 6. The molecule has 0 radical (unpaired) electrons. The van der Waals surface area contributed by atoms with Gasteiger partial charge in [-0.15, -0.1) is 10.2 Å². The fraction of sp³-hybridized carbons (Fsp3) is 0.357. The molecule has 1 N–H and O–H groups in total. The molecule has 0 aliphatic carbocycles. The molecule has 112 valence electrons. The van der Waals surface area contributed by atoms with E-state index in [9.17, 15) is 9.18 Å². The largest absolute Gasteiger partial charge is 0.351 e. The molecule has 0 spiro atoms. The molecule has 0 aliphatic heterocycles. The molecule has 21 heavy (non-hydrogen) atoms. The van der Waals surface area contributed by atoms with Crippen molar-refractivity contribution >= 4 is 17.7 Å². The summed E-state index contributed by atoms with van der Waals surface area (Å²) >= 11 is 1.61. The summed E-state index contributed by atoms with van der Waals surface area (Å²) in [5.41, 5.74) is 0.0534. The predicted molar refractivity (Wildman–Crippen MR) is 79.8 cm³/mol. The zero-order chi connectivity index (χ0) is 15.2. The lowest BCUT2D eigenvalue weighted by Gasteiger charge is -2.06. The van der Waals surface area contributed by atoms with Gasteiger partial charge in [0.1, 0.15) is 11.6 Å². The SMILES string of the molecule is CCSc1nnc(CCNC(=O)c2ccccc2F)n1C. The average molecular weight is 308 g/mol. The fourth-order valence-electron chi connectivity index (χ4n) is 1.85. The molecule has 2 rings (SSSR count). The number of aromatic nitrogens is 3. The van der Waals surface area contributed by atoms with Crippen LogP contribution in [0.25, 0.3) is 0 Å². The van der Waals surface area contributed by atoms with E-state index in [4.69, 9.17) is 0 Å². The number of hydrogen-bond acceptors (Lipinski definition) is 4. The summed E-state index contributed by atoms with van der Waals surface area (Å²) < 4.78 is 15.4. The first-order valence-electron chi connectivity index (χ1n) is 6.67. The van der Waals surface area contributed by atoms with Gasteiger partial charge in [0, 0.05) is 20.0 Å². The van der Waals surface area contributed by atoms with Gasteiger partial charge in [-0.3, -0.25) is 4.79 Å². The number of nitrogens with zero attached hydrogens (tertiary/aromatic N) is 3. The quantitative estimate of drug-likeness (QED) is 0.830. The van der Waals surface area contributed by atoms with Crippen molar-refractivity contribution in [2.24, 2.45) is 7.05 Å². The van der Waals surface area contributed by atoms with Crippen LogP contribution in [0.3, 0.4) is 0 Å². The summed E-state index contributed by atoms with van der Waals surface area (Å²) in [6.07, 6.45) is 0.550. The summed E-state index contributed by atoms with van der Waals surface area (Å²) in [5, 5.41) is 11.7. The molecule has 0 aliphatic rings. The molecule has 1 amide bonds. The Kier molecular flexibility index (Phi) is 5.32. The first-order valence-corrected chi connectivity index (χ1v) is 7.65. The van der Waals surface area contributed by atoms with Crippen molar-refractivity contribution in [1.82, 2.24) is 20.1 Å². The Morgan fingerprint density at radius 3 is 2.86 bits per heavy atom. The van der Waals surface area contributed by atoms with Crippen LogP contribution in [0, 0.1) is 5.82 Å². The number of nitrogens with one attached hydrogen (secondary N) is 1. The van der Waals surface area contributed by atoms with Gasteiger partial charge in [0.15, 0.2) is 5.16 Å². The molecule has 1 aromatic carbocycles. The van der Waals surface area contributed by atoms with Crippen LogP contribution in [-0.4, -0.2) is 33.0 Å². The van der Waals surface area contributed by atoms with E-state index in [0.29, 0.717) is 13.0 Å². The maximum Gasteiger partial charge on any atom is 0.254 e. The predicted octanol–water partition coefficient (Wildman–Crippen LogP) is 2.04. The van der Waals surface area contributed by atoms with Crippen LogP contribution < -0.4 is 5.32 Å². The van der Waals surface area contributed by atoms with Gasteiger partial charge < -0.3 is 9.88 Å². The lowest BCUT2D eigenvalue weighted by Crippen LogP contribution is -2.27. The van der Waals surface area contributed by atoms with E-state index in [1.54, 1.807) is 23.9 Å². The first kappa shape index (κ1) is 15.5. The molecule has 0 bridgehead atoms. The zero-order valence-electron chi connectivity index (χ0n) is 12.0. The number of thioether (sulfide) groups is 1. The molecular weight excluding hydrogens is 291 g/mol. The number of amides is 1. The average Bonchev–Trinajstić information content (AvgIpc) is 2.81. The van der Waals surface area contributed by atoms with E-state index in [0.717, 1.165) is 16.7 Å². The van der Waals surface area contributed by atoms with Gasteiger partial charge in [-0.1, -0.05) is 30.8 Å². The zero-order valence-corrected chi connectivity index (χ0v) is 12.8. The Balaban J connectivity index is 1.90. The van der Waals surface area contributed by atoms with Crippen molar-refractivity contribution in [3.8, 4) is 0 Å². The Morgan fingerprint density at radius 2 is 2.14 bits per heavy atom. The van der Waals surface area contributed by atoms with Crippen LogP contribution in [0.15, 0.2) is 29.4 Å². The molecule has 1 aromatic heterocycles. The van der Waals surface area contributed by atoms with Gasteiger partial charge in [0.2, 0.25) is 0 Å². The second-order valence-electron chi connectivity index (χ2n) is 4.38. The second kappa shape index (κ2) is 7.21. The van der Waals surface area contributed by atoms with Crippen molar-refractivity contribution in [3.05, 3.63) is 41.5 Å². The van der Waals surface area contributed by atoms with Gasteiger partial charge >= 0.3 is 0 Å². The Labute approximate surface area is 127 Å². The van der Waals surface area contributed by atoms with E-state index < -0.39 is 11.7 Å². The number of carbonyl (C=O) groups is 1. The minimum absolute atomic E-state index is 0.0534. The second-order valence-corrected chi connectivity index (χ2v) is 5.61. The molecule has 7 heteroatoms. The van der Waals surface area contributed by atoms with Crippen LogP contribution >= 0.6 is 11.8 Å². The third-order valence-electron chi connectivity index (χ3n) is 2.95. The summed E-state index contributed by atoms with van der Waals surface area (Å²) in [6.45, 7) is 2.43. The maximum absolute atomic E-state index is 13.5. The Bertz CT molecular complexity index is 629. The molecule has 0 atom stereocenters. The number of hydrogen-bond donors (Lipinski definition) is 1. The van der Waals surface area contributed by atoms with Crippen LogP contribution in [-0.2, 0) is 13.5 Å². The molecule has 1 heterocycles. The van der Waals surface area contributed by atoms with Crippen LogP contribution in [0.2, 0.25) is 0 Å². The fourth-order valence-corrected chi connectivity index (χ4v) is 2.50. The standard InChI is InChI=1S/C14H17FN4OS/c1-3-21-14-18-17-12(19(14)2)8-9-16-13(20)10-6-4-5-7-11(10)15/h4-7H,3,8-9H2,1-2H3,(H,16,20). The topological polar surface area (TPSA) is 59.8 Å². The van der Waals surface area contributed by atoms with E-state index in [-0.39, 0.29) is 5.56 Å². The molecule has 2 aromatic rings. The highest BCUT2D eigenvalue weighted by Crippen LogP contribution is 2.14. The first-order chi connectivity index (χ1) is 10.1. The summed E-state index contributed by atoms with van der Waals surface area (Å²) in [5.74, 6) is 0.782. The van der Waals surface area contributed by atoms with Gasteiger partial charge in [-0.05, 0) is 17.9 Å². The van der Waals surface area contributed by atoms with Crippen molar-refractivity contribution in [2.45, 2.75) is 18.5 Å². The Hall–Kier alpha value is -1.89. The summed E-state index contributed by atoms with van der Waals surface area (Å²) in [6, 6.07) is 5.92. The van der Waals surface area contributed by atoms with Crippen molar-refractivity contribution in [1.29, 1.82) is 0 Å². The molecule has 0 fully saturated rings. The highest BCUT2D eigenvalue weighted by molar-refractivity contribution is 7.99. The van der Waals surface area contributed by atoms with Crippen molar-refractivity contribution < 1.29 is 9.18 Å². The van der Waals surface area contributed by atoms with E-state index >= 15 is 0 Å². The van der Waals surface area contributed by atoms with E-state index in [2.05, 4.69) is 15.5 Å². The lowest BCUT2D eigenvalue weighted by molar-refractivity contribution is 0.0950. The van der Waals surface area contributed by atoms with Gasteiger partial charge in [0.25, 0.3) is 5.91 Å². The van der Waals surface area contributed by atoms with Crippen molar-refractivity contribution in [3.63, 3.8) is 0 Å². The van der Waals surface area contributed by atoms with E-state index in [1.165, 1.54) is 12.1 Å². The Morgan fingerprint density at radius 1 is 1.38 bits per heavy atom. The third-order valence-corrected chi connectivity index (χ3v) is 3.85. The third kappa shape index (κ3) is 3.81. The van der Waals surface area contributed by atoms with Crippen molar-refractivity contribution in [2.75, 3.05) is 12.3 Å². The lowest BCUT2D eigenvalue weighted by atomic mass is 10.2. The smallest absolute Gasteiger partial charge is 0.254 e. The molecule has 0 saturated carbocycles. The number of carbonyl (C=O) groups excluding carboxylic acids is 1. The van der Waals surface area contributed by atoms with Gasteiger partial charge in [-0.2, -0.15) is 0 Å². The van der Waals surface area contributed by atoms with Gasteiger partial charge in [0.05, 0.1) is 5.56 Å². The molecule has 0 saturated heterocycles. The maximum atomic E-state index is 13.5. The number of halogens is 1. The van der Waals surface area contributed by atoms with Crippen LogP contribution in [0.1, 0.15) is 23.1 Å². The minimum Gasteiger partial charge on any atom is -0.351 e. The molecular formula is C14H17FN4OS. The number of benzene rings is 1. The molecule has 0 unspecified atom stereocenters. The van der Waals surface area contributed by atoms with Crippen LogP contribution in [0.5, 0.6) is 0 Å². The van der Waals surface area contributed by atoms with E-state index in [1.807, 2.05) is 18.5 Å². The normalized spacial score (nSPS) is 10.6. The summed E-state index contributed by atoms with van der Waals surface area (Å²) in [7, 11) is 1.89. The minimum atomic E-state index is -0.518. The highest BCUT2D eigenvalue weighted by atomic mass is 32.2.